The van der Waals surface area contributed by atoms with E-state index in [-0.39, 0.29) is 12.1 Å². The van der Waals surface area contributed by atoms with Gasteiger partial charge in [-0.15, -0.1) is 0 Å². The monoisotopic (exact) mass is 283 g/mol. The zero-order valence-electron chi connectivity index (χ0n) is 12.3. The number of hydrogen-bond donors (Lipinski definition) is 1. The molecule has 0 saturated carbocycles. The maximum Gasteiger partial charge on any atom is 0.127 e. The molecule has 0 fully saturated rings. The summed E-state index contributed by atoms with van der Waals surface area (Å²) in [6.45, 7) is 0.764. The molecule has 3 rings (SSSR count). The first-order valence-electron chi connectivity index (χ1n) is 7.39. The van der Waals surface area contributed by atoms with Gasteiger partial charge >= 0.3 is 0 Å². The largest absolute Gasteiger partial charge is 0.493 e. The molecule has 2 unspecified atom stereocenters. The Balaban J connectivity index is 1.96. The minimum absolute atomic E-state index is 0.178. The van der Waals surface area contributed by atoms with Crippen LogP contribution in [0.4, 0.5) is 0 Å². The number of hydrogen-bond acceptors (Lipinski definition) is 3. The van der Waals surface area contributed by atoms with Crippen LogP contribution in [0.25, 0.3) is 0 Å². The molecular formula is C18H21NO2. The molecule has 1 aliphatic rings. The Hall–Kier alpha value is -1.84. The number of methoxy groups -OCH3 is 1. The molecule has 110 valence electrons. The third-order valence-electron chi connectivity index (χ3n) is 4.03. The van der Waals surface area contributed by atoms with Crippen molar-refractivity contribution in [2.75, 3.05) is 13.7 Å². The summed E-state index contributed by atoms with van der Waals surface area (Å²) in [6, 6.07) is 16.1. The Kier molecular flexibility index (Phi) is 4.23. The number of aryl methyl sites for hydroxylation is 1. The summed E-state index contributed by atoms with van der Waals surface area (Å²) in [5.41, 5.74) is 9.86. The van der Waals surface area contributed by atoms with Crippen LogP contribution in [-0.4, -0.2) is 13.7 Å². The number of para-hydroxylation sites is 1. The summed E-state index contributed by atoms with van der Waals surface area (Å²) in [5, 5.41) is 0. The van der Waals surface area contributed by atoms with E-state index in [0.29, 0.717) is 0 Å². The van der Waals surface area contributed by atoms with E-state index in [1.54, 1.807) is 7.11 Å². The van der Waals surface area contributed by atoms with Crippen LogP contribution in [0.1, 0.15) is 35.3 Å². The lowest BCUT2D eigenvalue weighted by molar-refractivity contribution is 0.0789. The minimum atomic E-state index is -0.245. The highest BCUT2D eigenvalue weighted by atomic mass is 16.5. The lowest BCUT2D eigenvalue weighted by atomic mass is 9.92. The molecule has 0 radical (unpaired) electrons. The molecular weight excluding hydrogens is 262 g/mol. The fraction of sp³-hybridized carbons (Fsp3) is 0.333. The maximum atomic E-state index is 6.50. The summed E-state index contributed by atoms with van der Waals surface area (Å²) >= 11 is 0. The van der Waals surface area contributed by atoms with Gasteiger partial charge in [-0.1, -0.05) is 48.5 Å². The molecule has 1 aliphatic heterocycles. The number of benzene rings is 2. The number of ether oxygens (including phenoxy) is 2. The van der Waals surface area contributed by atoms with Gasteiger partial charge in [-0.2, -0.15) is 0 Å². The molecule has 0 amide bonds. The maximum absolute atomic E-state index is 6.50. The van der Waals surface area contributed by atoms with Gasteiger partial charge in [0.25, 0.3) is 0 Å². The fourth-order valence-electron chi connectivity index (χ4n) is 2.97. The Bertz CT molecular complexity index is 597. The Morgan fingerprint density at radius 1 is 1.10 bits per heavy atom. The molecule has 3 nitrogen and oxygen atoms in total. The molecule has 21 heavy (non-hydrogen) atoms. The van der Waals surface area contributed by atoms with Gasteiger partial charge in [0.05, 0.1) is 12.6 Å². The number of nitrogens with two attached hydrogens (primary N) is 1. The lowest BCUT2D eigenvalue weighted by Crippen LogP contribution is -2.23. The van der Waals surface area contributed by atoms with E-state index in [1.807, 2.05) is 36.4 Å². The lowest BCUT2D eigenvalue weighted by Gasteiger charge is -2.27. The standard InChI is InChI=1S/C18H21NO2/c1-20-18(14-7-3-2-4-8-14)16(19)15-11-5-9-13-10-6-12-21-17(13)15/h2-5,7-9,11,16,18H,6,10,12,19H2,1H3. The van der Waals surface area contributed by atoms with Crippen molar-refractivity contribution in [3.05, 3.63) is 65.2 Å². The van der Waals surface area contributed by atoms with Crippen LogP contribution >= 0.6 is 0 Å². The second kappa shape index (κ2) is 6.29. The topological polar surface area (TPSA) is 44.5 Å². The quantitative estimate of drug-likeness (QED) is 0.935. The first-order valence-corrected chi connectivity index (χ1v) is 7.39. The highest BCUT2D eigenvalue weighted by Gasteiger charge is 2.26. The van der Waals surface area contributed by atoms with Crippen molar-refractivity contribution in [3.8, 4) is 5.75 Å². The predicted octanol–water partition coefficient (Wildman–Crippen LogP) is 3.40. The smallest absolute Gasteiger partial charge is 0.127 e. The first-order chi connectivity index (χ1) is 10.3. The third kappa shape index (κ3) is 2.80. The highest BCUT2D eigenvalue weighted by Crippen LogP contribution is 2.38. The van der Waals surface area contributed by atoms with E-state index < -0.39 is 0 Å². The molecule has 0 saturated heterocycles. The van der Waals surface area contributed by atoms with Crippen LogP contribution in [0.5, 0.6) is 5.75 Å². The van der Waals surface area contributed by atoms with Crippen molar-refractivity contribution in [1.82, 2.24) is 0 Å². The third-order valence-corrected chi connectivity index (χ3v) is 4.03. The molecule has 3 heteroatoms. The van der Waals surface area contributed by atoms with Crippen LogP contribution in [0.15, 0.2) is 48.5 Å². The fourth-order valence-corrected chi connectivity index (χ4v) is 2.97. The van der Waals surface area contributed by atoms with Crippen LogP contribution in [0.3, 0.4) is 0 Å². The predicted molar refractivity (Wildman–Crippen MR) is 83.4 cm³/mol. The molecule has 2 aromatic rings. The van der Waals surface area contributed by atoms with Crippen LogP contribution in [-0.2, 0) is 11.2 Å². The number of fused-ring (bicyclic) bond motifs is 1. The molecule has 0 aromatic heterocycles. The van der Waals surface area contributed by atoms with Gasteiger partial charge in [0.2, 0.25) is 0 Å². The van der Waals surface area contributed by atoms with Crippen LogP contribution in [0.2, 0.25) is 0 Å². The second-order valence-corrected chi connectivity index (χ2v) is 5.38. The van der Waals surface area contributed by atoms with E-state index in [1.165, 1.54) is 5.56 Å². The van der Waals surface area contributed by atoms with Crippen molar-refractivity contribution >= 4 is 0 Å². The molecule has 2 aromatic carbocycles. The van der Waals surface area contributed by atoms with Crippen molar-refractivity contribution in [1.29, 1.82) is 0 Å². The van der Waals surface area contributed by atoms with Gasteiger partial charge in [-0.3, -0.25) is 0 Å². The van der Waals surface area contributed by atoms with Gasteiger partial charge in [0.15, 0.2) is 0 Å². The van der Waals surface area contributed by atoms with Crippen molar-refractivity contribution in [3.63, 3.8) is 0 Å². The van der Waals surface area contributed by atoms with E-state index in [9.17, 15) is 0 Å². The Morgan fingerprint density at radius 3 is 2.67 bits per heavy atom. The van der Waals surface area contributed by atoms with Gasteiger partial charge in [0.1, 0.15) is 11.9 Å². The van der Waals surface area contributed by atoms with Crippen molar-refractivity contribution in [2.24, 2.45) is 5.73 Å². The summed E-state index contributed by atoms with van der Waals surface area (Å²) in [6.07, 6.45) is 1.94. The van der Waals surface area contributed by atoms with Gasteiger partial charge in [-0.25, -0.2) is 0 Å². The first kappa shape index (κ1) is 14.1. The Morgan fingerprint density at radius 2 is 1.90 bits per heavy atom. The molecule has 0 aliphatic carbocycles. The van der Waals surface area contributed by atoms with E-state index in [4.69, 9.17) is 15.2 Å². The molecule has 2 N–H and O–H groups in total. The van der Waals surface area contributed by atoms with Crippen molar-refractivity contribution < 1.29 is 9.47 Å². The molecule has 0 spiro atoms. The van der Waals surface area contributed by atoms with Gasteiger partial charge in [0, 0.05) is 12.7 Å². The van der Waals surface area contributed by atoms with E-state index >= 15 is 0 Å². The Labute approximate surface area is 125 Å². The summed E-state index contributed by atoms with van der Waals surface area (Å²) < 4.78 is 11.5. The second-order valence-electron chi connectivity index (χ2n) is 5.38. The van der Waals surface area contributed by atoms with Crippen LogP contribution in [0, 0.1) is 0 Å². The number of rotatable bonds is 4. The van der Waals surface area contributed by atoms with E-state index in [0.717, 1.165) is 36.3 Å². The normalized spacial score (nSPS) is 16.7. The van der Waals surface area contributed by atoms with Crippen LogP contribution < -0.4 is 10.5 Å². The highest BCUT2D eigenvalue weighted by molar-refractivity contribution is 5.45. The molecule has 1 heterocycles. The summed E-state index contributed by atoms with van der Waals surface area (Å²) in [5.74, 6) is 0.953. The summed E-state index contributed by atoms with van der Waals surface area (Å²) in [7, 11) is 1.70. The van der Waals surface area contributed by atoms with Gasteiger partial charge in [-0.05, 0) is 24.0 Å². The zero-order valence-corrected chi connectivity index (χ0v) is 12.3. The average molecular weight is 283 g/mol. The molecule has 0 bridgehead atoms. The minimum Gasteiger partial charge on any atom is -0.493 e. The van der Waals surface area contributed by atoms with E-state index in [2.05, 4.69) is 12.1 Å². The zero-order chi connectivity index (χ0) is 14.7. The van der Waals surface area contributed by atoms with Gasteiger partial charge < -0.3 is 15.2 Å². The summed E-state index contributed by atoms with van der Waals surface area (Å²) in [4.78, 5) is 0. The average Bonchev–Trinajstić information content (AvgIpc) is 2.56. The molecule has 2 atom stereocenters. The van der Waals surface area contributed by atoms with Crippen molar-refractivity contribution in [2.45, 2.75) is 25.0 Å². The SMILES string of the molecule is COC(c1ccccc1)C(N)c1cccc2c1OCCC2.